The van der Waals surface area contributed by atoms with Gasteiger partial charge in [0, 0.05) is 11.9 Å². The number of nitrogens with zero attached hydrogens (tertiary/aromatic N) is 1. The van der Waals surface area contributed by atoms with Gasteiger partial charge in [-0.1, -0.05) is 48.0 Å². The van der Waals surface area contributed by atoms with Crippen molar-refractivity contribution in [2.45, 2.75) is 64.3 Å². The third-order valence-electron chi connectivity index (χ3n) is 3.46. The van der Waals surface area contributed by atoms with E-state index >= 15 is 0 Å². The van der Waals surface area contributed by atoms with Crippen LogP contribution in [0.25, 0.3) is 0 Å². The van der Waals surface area contributed by atoms with Gasteiger partial charge in [-0.25, -0.2) is 4.79 Å². The average molecular weight is 333 g/mol. The highest BCUT2D eigenvalue weighted by atomic mass is 79.9. The number of carbonyl (C=O) groups excluding carboxylic acids is 2. The fourth-order valence-corrected chi connectivity index (χ4v) is 2.67. The molecule has 5 heteroatoms. The molecule has 0 unspecified atom stereocenters. The van der Waals surface area contributed by atoms with Crippen molar-refractivity contribution in [3.05, 3.63) is 0 Å². The normalized spacial score (nSPS) is 17.9. The Kier molecular flexibility index (Phi) is 6.83. The van der Waals surface area contributed by atoms with Crippen molar-refractivity contribution in [1.29, 1.82) is 0 Å². The molecule has 1 aliphatic rings. The first-order valence-corrected chi connectivity index (χ1v) is 8.31. The first-order valence-electron chi connectivity index (χ1n) is 7.19. The number of hydrogen-bond donors (Lipinski definition) is 1. The number of halogens is 1. The number of amides is 3. The number of carbonyl (C=O) groups is 2. The summed E-state index contributed by atoms with van der Waals surface area (Å²) in [5, 5.41) is 3.79. The minimum atomic E-state index is -0.729. The molecule has 19 heavy (non-hydrogen) atoms. The Balaban J connectivity index is 2.10. The van der Waals surface area contributed by atoms with E-state index < -0.39 is 5.54 Å². The minimum absolute atomic E-state index is 0.102. The first-order chi connectivity index (χ1) is 8.99. The van der Waals surface area contributed by atoms with E-state index in [1.807, 2.05) is 0 Å². The van der Waals surface area contributed by atoms with Crippen molar-refractivity contribution in [3.63, 3.8) is 0 Å². The largest absolute Gasteiger partial charge is 0.325 e. The molecule has 0 aliphatic carbocycles. The number of urea groups is 1. The molecule has 0 atom stereocenters. The van der Waals surface area contributed by atoms with Crippen LogP contribution in [-0.2, 0) is 4.79 Å². The van der Waals surface area contributed by atoms with Crippen LogP contribution in [0.2, 0.25) is 0 Å². The van der Waals surface area contributed by atoms with Crippen LogP contribution < -0.4 is 5.32 Å². The summed E-state index contributed by atoms with van der Waals surface area (Å²) < 4.78 is 0. The molecule has 110 valence electrons. The molecule has 0 bridgehead atoms. The highest BCUT2D eigenvalue weighted by Crippen LogP contribution is 2.17. The smallest absolute Gasteiger partial charge is 0.324 e. The zero-order valence-electron chi connectivity index (χ0n) is 12.0. The summed E-state index contributed by atoms with van der Waals surface area (Å²) in [7, 11) is 0. The minimum Gasteiger partial charge on any atom is -0.324 e. The van der Waals surface area contributed by atoms with E-state index in [9.17, 15) is 9.59 Å². The zero-order chi connectivity index (χ0) is 14.3. The third kappa shape index (κ3) is 5.13. The third-order valence-corrected chi connectivity index (χ3v) is 4.02. The number of rotatable bonds is 9. The van der Waals surface area contributed by atoms with E-state index in [-0.39, 0.29) is 11.9 Å². The Morgan fingerprint density at radius 1 is 1.00 bits per heavy atom. The van der Waals surface area contributed by atoms with Crippen molar-refractivity contribution in [2.75, 3.05) is 11.9 Å². The van der Waals surface area contributed by atoms with Gasteiger partial charge in [-0.3, -0.25) is 9.69 Å². The van der Waals surface area contributed by atoms with E-state index in [4.69, 9.17) is 0 Å². The van der Waals surface area contributed by atoms with Gasteiger partial charge in [-0.15, -0.1) is 0 Å². The van der Waals surface area contributed by atoms with Gasteiger partial charge in [0.2, 0.25) is 0 Å². The maximum absolute atomic E-state index is 11.9. The summed E-state index contributed by atoms with van der Waals surface area (Å²) >= 11 is 3.43. The second-order valence-electron chi connectivity index (χ2n) is 5.68. The Hall–Kier alpha value is -0.580. The van der Waals surface area contributed by atoms with Crippen molar-refractivity contribution in [3.8, 4) is 0 Å². The van der Waals surface area contributed by atoms with Gasteiger partial charge >= 0.3 is 6.03 Å². The predicted octanol–water partition coefficient (Wildman–Crippen LogP) is 3.44. The molecule has 1 heterocycles. The summed E-state index contributed by atoms with van der Waals surface area (Å²) in [6, 6.07) is -0.243. The maximum Gasteiger partial charge on any atom is 0.325 e. The molecule has 0 aromatic carbocycles. The van der Waals surface area contributed by atoms with E-state index in [2.05, 4.69) is 21.2 Å². The lowest BCUT2D eigenvalue weighted by atomic mass is 10.1. The highest BCUT2D eigenvalue weighted by molar-refractivity contribution is 9.09. The van der Waals surface area contributed by atoms with Crippen molar-refractivity contribution >= 4 is 27.9 Å². The zero-order valence-corrected chi connectivity index (χ0v) is 13.6. The number of imide groups is 1. The summed E-state index contributed by atoms with van der Waals surface area (Å²) in [6.07, 6.45) is 8.25. The molecule has 0 spiro atoms. The van der Waals surface area contributed by atoms with E-state index in [1.165, 1.54) is 37.0 Å². The molecule has 0 saturated carbocycles. The number of alkyl halides is 1. The molecular weight excluding hydrogens is 308 g/mol. The summed E-state index contributed by atoms with van der Waals surface area (Å²) in [5.41, 5.74) is -0.729. The van der Waals surface area contributed by atoms with Crippen molar-refractivity contribution < 1.29 is 9.59 Å². The average Bonchev–Trinajstić information content (AvgIpc) is 2.54. The molecular formula is C14H25BrN2O2. The monoisotopic (exact) mass is 332 g/mol. The molecule has 0 aromatic rings. The SMILES string of the molecule is CC1(C)NC(=O)N(CCCCCCCCCBr)C1=O. The number of nitrogens with one attached hydrogen (secondary N) is 1. The predicted molar refractivity (Wildman–Crippen MR) is 80.4 cm³/mol. The standard InChI is InChI=1S/C14H25BrN2O2/c1-14(2)12(18)17(13(19)16-14)11-9-7-5-3-4-6-8-10-15/h3-11H2,1-2H3,(H,16,19). The lowest BCUT2D eigenvalue weighted by Gasteiger charge is -2.15. The summed E-state index contributed by atoms with van der Waals surface area (Å²) in [6.45, 7) is 4.05. The van der Waals surface area contributed by atoms with Crippen molar-refractivity contribution in [2.24, 2.45) is 0 Å². The Morgan fingerprint density at radius 2 is 1.53 bits per heavy atom. The van der Waals surface area contributed by atoms with E-state index in [0.717, 1.165) is 18.2 Å². The Morgan fingerprint density at radius 3 is 2.00 bits per heavy atom. The first kappa shape index (κ1) is 16.5. The van der Waals surface area contributed by atoms with Crippen LogP contribution in [0, 0.1) is 0 Å². The van der Waals surface area contributed by atoms with Gasteiger partial charge in [0.25, 0.3) is 5.91 Å². The van der Waals surface area contributed by atoms with Crippen LogP contribution in [0.4, 0.5) is 4.79 Å². The molecule has 1 aliphatic heterocycles. The second-order valence-corrected chi connectivity index (χ2v) is 6.47. The second kappa shape index (κ2) is 7.88. The summed E-state index contributed by atoms with van der Waals surface area (Å²) in [4.78, 5) is 24.9. The van der Waals surface area contributed by atoms with Crippen LogP contribution >= 0.6 is 15.9 Å². The van der Waals surface area contributed by atoms with Crippen LogP contribution in [0.5, 0.6) is 0 Å². The quantitative estimate of drug-likeness (QED) is 0.399. The van der Waals surface area contributed by atoms with Gasteiger partial charge in [-0.2, -0.15) is 0 Å². The molecule has 1 N–H and O–H groups in total. The van der Waals surface area contributed by atoms with Crippen LogP contribution in [0.3, 0.4) is 0 Å². The van der Waals surface area contributed by atoms with E-state index in [0.29, 0.717) is 6.54 Å². The maximum atomic E-state index is 11.9. The molecule has 1 saturated heterocycles. The van der Waals surface area contributed by atoms with Gasteiger partial charge in [-0.05, 0) is 26.7 Å². The van der Waals surface area contributed by atoms with Gasteiger partial charge in [0.15, 0.2) is 0 Å². The van der Waals surface area contributed by atoms with Crippen molar-refractivity contribution in [1.82, 2.24) is 10.2 Å². The molecule has 4 nitrogen and oxygen atoms in total. The summed E-state index contributed by atoms with van der Waals surface area (Å²) in [5.74, 6) is -0.102. The van der Waals surface area contributed by atoms with Gasteiger partial charge in [0.1, 0.15) is 5.54 Å². The topological polar surface area (TPSA) is 49.4 Å². The molecule has 1 rings (SSSR count). The molecule has 3 amide bonds. The fraction of sp³-hybridized carbons (Fsp3) is 0.857. The van der Waals surface area contributed by atoms with Crippen LogP contribution in [-0.4, -0.2) is 34.3 Å². The van der Waals surface area contributed by atoms with Gasteiger partial charge in [0.05, 0.1) is 0 Å². The molecule has 1 fully saturated rings. The van der Waals surface area contributed by atoms with Gasteiger partial charge < -0.3 is 5.32 Å². The number of unbranched alkanes of at least 4 members (excludes halogenated alkanes) is 6. The van der Waals surface area contributed by atoms with Crippen LogP contribution in [0.15, 0.2) is 0 Å². The number of hydrogen-bond acceptors (Lipinski definition) is 2. The van der Waals surface area contributed by atoms with Crippen LogP contribution in [0.1, 0.15) is 58.8 Å². The lowest BCUT2D eigenvalue weighted by Crippen LogP contribution is -2.40. The molecule has 0 aromatic heterocycles. The van der Waals surface area contributed by atoms with E-state index in [1.54, 1.807) is 13.8 Å². The highest BCUT2D eigenvalue weighted by Gasteiger charge is 2.43. The molecule has 0 radical (unpaired) electrons. The Labute approximate surface area is 124 Å². The lowest BCUT2D eigenvalue weighted by molar-refractivity contribution is -0.130. The fourth-order valence-electron chi connectivity index (χ4n) is 2.27. The Bertz CT molecular complexity index is 319.